The molecule has 0 amide bonds. The summed E-state index contributed by atoms with van der Waals surface area (Å²) in [5.74, 6) is -2.20. The van der Waals surface area contributed by atoms with Crippen molar-refractivity contribution in [3.63, 3.8) is 0 Å². The van der Waals surface area contributed by atoms with Gasteiger partial charge in [0, 0.05) is 5.56 Å². The number of carbonyl (C=O) groups is 1. The maximum atomic E-state index is 13.2. The van der Waals surface area contributed by atoms with Gasteiger partial charge in [0.05, 0.1) is 7.11 Å². The molecule has 0 bridgehead atoms. The fourth-order valence-corrected chi connectivity index (χ4v) is 1.15. The lowest BCUT2D eigenvalue weighted by Gasteiger charge is -2.07. The van der Waals surface area contributed by atoms with Crippen molar-refractivity contribution < 1.29 is 22.7 Å². The van der Waals surface area contributed by atoms with E-state index in [1.165, 1.54) is 14.0 Å². The second-order valence-electron chi connectivity index (χ2n) is 2.97. The van der Waals surface area contributed by atoms with Gasteiger partial charge < -0.3 is 4.74 Å². The molecule has 15 heavy (non-hydrogen) atoms. The van der Waals surface area contributed by atoms with Crippen LogP contribution in [0.2, 0.25) is 0 Å². The average Bonchev–Trinajstić information content (AvgIpc) is 2.20. The Bertz CT molecular complexity index is 388. The van der Waals surface area contributed by atoms with Crippen molar-refractivity contribution in [3.8, 4) is 5.75 Å². The van der Waals surface area contributed by atoms with Crippen molar-refractivity contribution in [2.45, 2.75) is 13.3 Å². The Hall–Kier alpha value is -1.52. The Labute approximate surface area is 84.7 Å². The number of ketones is 1. The van der Waals surface area contributed by atoms with Gasteiger partial charge in [-0.3, -0.25) is 4.79 Å². The van der Waals surface area contributed by atoms with Gasteiger partial charge in [0.2, 0.25) is 5.78 Å². The molecular formula is C10H9F3O2. The zero-order valence-electron chi connectivity index (χ0n) is 8.18. The normalized spacial score (nSPS) is 10.5. The SMILES string of the molecule is COc1cc(C(=O)C(F)F)cc(C)c1F. The molecule has 0 aliphatic carbocycles. The number of ether oxygens (including phenoxy) is 1. The lowest BCUT2D eigenvalue weighted by molar-refractivity contribution is 0.0678. The zero-order valence-corrected chi connectivity index (χ0v) is 8.18. The van der Waals surface area contributed by atoms with Crippen LogP contribution in [-0.4, -0.2) is 19.3 Å². The van der Waals surface area contributed by atoms with E-state index in [-0.39, 0.29) is 16.9 Å². The van der Waals surface area contributed by atoms with Crippen LogP contribution >= 0.6 is 0 Å². The Balaban J connectivity index is 3.22. The summed E-state index contributed by atoms with van der Waals surface area (Å²) in [6.07, 6.45) is -3.10. The van der Waals surface area contributed by atoms with Gasteiger partial charge in [0.1, 0.15) is 0 Å². The highest BCUT2D eigenvalue weighted by molar-refractivity contribution is 5.98. The van der Waals surface area contributed by atoms with E-state index in [9.17, 15) is 18.0 Å². The number of methoxy groups -OCH3 is 1. The molecule has 2 nitrogen and oxygen atoms in total. The molecule has 0 atom stereocenters. The van der Waals surface area contributed by atoms with E-state index < -0.39 is 18.0 Å². The van der Waals surface area contributed by atoms with Crippen LogP contribution in [0.4, 0.5) is 13.2 Å². The Morgan fingerprint density at radius 2 is 2.00 bits per heavy atom. The summed E-state index contributed by atoms with van der Waals surface area (Å²) in [6.45, 7) is 1.38. The van der Waals surface area contributed by atoms with Crippen LogP contribution in [0.15, 0.2) is 12.1 Å². The third-order valence-electron chi connectivity index (χ3n) is 1.92. The Morgan fingerprint density at radius 1 is 1.40 bits per heavy atom. The molecule has 0 spiro atoms. The fraction of sp³-hybridized carbons (Fsp3) is 0.300. The van der Waals surface area contributed by atoms with Gasteiger partial charge in [-0.15, -0.1) is 0 Å². The van der Waals surface area contributed by atoms with E-state index in [1.807, 2.05) is 0 Å². The minimum absolute atomic E-state index is 0.0957. The van der Waals surface area contributed by atoms with Crippen LogP contribution < -0.4 is 4.74 Å². The molecule has 0 aromatic heterocycles. The number of alkyl halides is 2. The van der Waals surface area contributed by atoms with E-state index in [0.29, 0.717) is 0 Å². The molecule has 0 aliphatic rings. The summed E-state index contributed by atoms with van der Waals surface area (Å²) in [5.41, 5.74) is -0.154. The zero-order chi connectivity index (χ0) is 11.6. The average molecular weight is 218 g/mol. The minimum Gasteiger partial charge on any atom is -0.494 e. The van der Waals surface area contributed by atoms with Gasteiger partial charge in [-0.2, -0.15) is 0 Å². The first-order valence-electron chi connectivity index (χ1n) is 4.14. The summed E-state index contributed by atoms with van der Waals surface area (Å²) in [6, 6.07) is 2.04. The third-order valence-corrected chi connectivity index (χ3v) is 1.92. The molecule has 0 saturated heterocycles. The molecule has 0 aliphatic heterocycles. The van der Waals surface area contributed by atoms with Crippen molar-refractivity contribution in [2.24, 2.45) is 0 Å². The lowest BCUT2D eigenvalue weighted by Crippen LogP contribution is -2.11. The van der Waals surface area contributed by atoms with Crippen molar-refractivity contribution in [2.75, 3.05) is 7.11 Å². The number of Topliss-reactive ketones (excluding diaryl/α,β-unsaturated/α-hetero) is 1. The topological polar surface area (TPSA) is 26.3 Å². The van der Waals surface area contributed by atoms with E-state index in [2.05, 4.69) is 4.74 Å². The molecular weight excluding hydrogens is 209 g/mol. The standard InChI is InChI=1S/C10H9F3O2/c1-5-3-6(9(14)10(12)13)4-7(15-2)8(5)11/h3-4,10H,1-2H3. The maximum absolute atomic E-state index is 13.2. The predicted octanol–water partition coefficient (Wildman–Crippen LogP) is 2.59. The minimum atomic E-state index is -3.10. The quantitative estimate of drug-likeness (QED) is 0.729. The number of rotatable bonds is 3. The van der Waals surface area contributed by atoms with E-state index in [4.69, 9.17) is 0 Å². The second kappa shape index (κ2) is 4.33. The first kappa shape index (κ1) is 11.6. The highest BCUT2D eigenvalue weighted by atomic mass is 19.3. The van der Waals surface area contributed by atoms with Gasteiger partial charge in [-0.25, -0.2) is 13.2 Å². The summed E-state index contributed by atoms with van der Waals surface area (Å²) in [4.78, 5) is 10.9. The van der Waals surface area contributed by atoms with Gasteiger partial charge >= 0.3 is 6.43 Å². The highest BCUT2D eigenvalue weighted by Crippen LogP contribution is 2.23. The van der Waals surface area contributed by atoms with Crippen molar-refractivity contribution in [1.29, 1.82) is 0 Å². The third kappa shape index (κ3) is 2.29. The number of hydrogen-bond donors (Lipinski definition) is 0. The molecule has 0 N–H and O–H groups in total. The smallest absolute Gasteiger partial charge is 0.300 e. The van der Waals surface area contributed by atoms with Gasteiger partial charge in [0.15, 0.2) is 11.6 Å². The highest BCUT2D eigenvalue weighted by Gasteiger charge is 2.20. The number of halogens is 3. The molecule has 1 aromatic carbocycles. The summed E-state index contributed by atoms with van der Waals surface area (Å²) >= 11 is 0. The van der Waals surface area contributed by atoms with Crippen LogP contribution in [-0.2, 0) is 0 Å². The van der Waals surface area contributed by atoms with Crippen LogP contribution in [0.25, 0.3) is 0 Å². The summed E-state index contributed by atoms with van der Waals surface area (Å²) in [5, 5.41) is 0. The maximum Gasteiger partial charge on any atom is 0.300 e. The number of benzene rings is 1. The molecule has 0 fully saturated rings. The van der Waals surface area contributed by atoms with Gasteiger partial charge in [-0.1, -0.05) is 0 Å². The van der Waals surface area contributed by atoms with Crippen LogP contribution in [0, 0.1) is 12.7 Å². The molecule has 1 rings (SSSR count). The number of aryl methyl sites for hydroxylation is 1. The summed E-state index contributed by atoms with van der Waals surface area (Å²) in [7, 11) is 1.20. The van der Waals surface area contributed by atoms with Gasteiger partial charge in [-0.05, 0) is 24.6 Å². The van der Waals surface area contributed by atoms with E-state index in [0.717, 1.165) is 12.1 Å². The molecule has 1 aromatic rings. The van der Waals surface area contributed by atoms with Crippen LogP contribution in [0.1, 0.15) is 15.9 Å². The van der Waals surface area contributed by atoms with E-state index >= 15 is 0 Å². The Morgan fingerprint density at radius 3 is 2.47 bits per heavy atom. The van der Waals surface area contributed by atoms with Crippen LogP contribution in [0.3, 0.4) is 0 Å². The lowest BCUT2D eigenvalue weighted by atomic mass is 10.1. The van der Waals surface area contributed by atoms with Gasteiger partial charge in [0.25, 0.3) is 0 Å². The molecule has 0 unspecified atom stereocenters. The largest absolute Gasteiger partial charge is 0.494 e. The van der Waals surface area contributed by atoms with E-state index in [1.54, 1.807) is 0 Å². The molecule has 0 saturated carbocycles. The number of carbonyl (C=O) groups excluding carboxylic acids is 1. The predicted molar refractivity (Wildman–Crippen MR) is 48.0 cm³/mol. The number of hydrogen-bond acceptors (Lipinski definition) is 2. The Kier molecular flexibility index (Phi) is 3.34. The summed E-state index contributed by atoms with van der Waals surface area (Å²) < 4.78 is 42.0. The first-order valence-corrected chi connectivity index (χ1v) is 4.14. The van der Waals surface area contributed by atoms with Crippen molar-refractivity contribution in [1.82, 2.24) is 0 Å². The van der Waals surface area contributed by atoms with Crippen molar-refractivity contribution >= 4 is 5.78 Å². The van der Waals surface area contributed by atoms with Crippen LogP contribution in [0.5, 0.6) is 5.75 Å². The molecule has 0 radical (unpaired) electrons. The monoisotopic (exact) mass is 218 g/mol. The van der Waals surface area contributed by atoms with Crippen molar-refractivity contribution in [3.05, 3.63) is 29.1 Å². The molecule has 82 valence electrons. The first-order chi connectivity index (χ1) is 6.97. The molecule has 0 heterocycles. The second-order valence-corrected chi connectivity index (χ2v) is 2.97. The fourth-order valence-electron chi connectivity index (χ4n) is 1.15. The molecule has 5 heteroatoms.